The minimum atomic E-state index is -0.575. The Hall–Kier alpha value is -1.72. The maximum atomic E-state index is 11.7. The zero-order valence-corrected chi connectivity index (χ0v) is 10.6. The van der Waals surface area contributed by atoms with E-state index in [0.29, 0.717) is 17.5 Å². The minimum Gasteiger partial charge on any atom is -0.320 e. The van der Waals surface area contributed by atoms with Crippen molar-refractivity contribution in [3.8, 4) is 0 Å². The Morgan fingerprint density at radius 2 is 2.00 bits per heavy atom. The molecule has 2 rings (SSSR count). The largest absolute Gasteiger partial charge is 0.320 e. The van der Waals surface area contributed by atoms with Crippen LogP contribution in [0, 0.1) is 0 Å². The van der Waals surface area contributed by atoms with E-state index in [4.69, 9.17) is 17.3 Å². The highest BCUT2D eigenvalue weighted by molar-refractivity contribution is 6.32. The van der Waals surface area contributed by atoms with E-state index in [1.165, 1.54) is 0 Å². The van der Waals surface area contributed by atoms with Crippen molar-refractivity contribution in [2.24, 2.45) is 5.73 Å². The highest BCUT2D eigenvalue weighted by atomic mass is 35.5. The Kier molecular flexibility index (Phi) is 3.74. The van der Waals surface area contributed by atoms with Crippen LogP contribution in [0.1, 0.15) is 13.3 Å². The fourth-order valence-corrected chi connectivity index (χ4v) is 1.63. The first-order valence-corrected chi connectivity index (χ1v) is 5.98. The van der Waals surface area contributed by atoms with Gasteiger partial charge < -0.3 is 11.1 Å². The number of para-hydroxylation sites is 2. The van der Waals surface area contributed by atoms with Crippen molar-refractivity contribution in [2.45, 2.75) is 19.4 Å². The second kappa shape index (κ2) is 5.29. The smallest absolute Gasteiger partial charge is 0.242 e. The molecule has 0 bridgehead atoms. The number of aromatic nitrogens is 2. The van der Waals surface area contributed by atoms with Crippen LogP contribution in [-0.2, 0) is 4.79 Å². The molecule has 0 saturated heterocycles. The van der Waals surface area contributed by atoms with Gasteiger partial charge in [-0.1, -0.05) is 30.7 Å². The number of nitrogens with zero attached hydrogens (tertiary/aromatic N) is 2. The molecular weight excluding hydrogens is 252 g/mol. The van der Waals surface area contributed by atoms with E-state index in [0.717, 1.165) is 0 Å². The molecule has 0 fully saturated rings. The highest BCUT2D eigenvalue weighted by Gasteiger charge is 2.14. The van der Waals surface area contributed by atoms with E-state index in [2.05, 4.69) is 15.3 Å². The summed E-state index contributed by atoms with van der Waals surface area (Å²) >= 11 is 5.97. The van der Waals surface area contributed by atoms with E-state index in [1.54, 1.807) is 12.1 Å². The van der Waals surface area contributed by atoms with Gasteiger partial charge in [0.15, 0.2) is 11.0 Å². The molecule has 1 amide bonds. The Bertz CT molecular complexity index is 587. The van der Waals surface area contributed by atoms with Gasteiger partial charge >= 0.3 is 0 Å². The summed E-state index contributed by atoms with van der Waals surface area (Å²) in [6.07, 6.45) is 0.546. The van der Waals surface area contributed by atoms with Crippen molar-refractivity contribution in [1.29, 1.82) is 0 Å². The molecule has 5 nitrogen and oxygen atoms in total. The first-order chi connectivity index (χ1) is 8.61. The summed E-state index contributed by atoms with van der Waals surface area (Å²) in [7, 11) is 0. The SMILES string of the molecule is CC[C@@H](N)C(=O)Nc1nc2ccccc2nc1Cl. The molecule has 0 aliphatic heterocycles. The van der Waals surface area contributed by atoms with Crippen molar-refractivity contribution in [3.63, 3.8) is 0 Å². The minimum absolute atomic E-state index is 0.158. The molecule has 1 heterocycles. The van der Waals surface area contributed by atoms with Crippen LogP contribution in [0.3, 0.4) is 0 Å². The summed E-state index contributed by atoms with van der Waals surface area (Å²) in [6.45, 7) is 1.83. The molecule has 6 heteroatoms. The Morgan fingerprint density at radius 3 is 2.61 bits per heavy atom. The number of hydrogen-bond acceptors (Lipinski definition) is 4. The molecule has 0 radical (unpaired) electrons. The number of hydrogen-bond donors (Lipinski definition) is 2. The van der Waals surface area contributed by atoms with Crippen LogP contribution in [0.2, 0.25) is 5.15 Å². The van der Waals surface area contributed by atoms with E-state index >= 15 is 0 Å². The first-order valence-electron chi connectivity index (χ1n) is 5.60. The molecule has 94 valence electrons. The van der Waals surface area contributed by atoms with Crippen LogP contribution in [0.4, 0.5) is 5.82 Å². The zero-order chi connectivity index (χ0) is 13.1. The lowest BCUT2D eigenvalue weighted by atomic mass is 10.2. The summed E-state index contributed by atoms with van der Waals surface area (Å²) in [4.78, 5) is 20.1. The number of amides is 1. The summed E-state index contributed by atoms with van der Waals surface area (Å²) in [5, 5.41) is 2.74. The fourth-order valence-electron chi connectivity index (χ4n) is 1.45. The highest BCUT2D eigenvalue weighted by Crippen LogP contribution is 2.20. The number of nitrogens with two attached hydrogens (primary N) is 1. The standard InChI is InChI=1S/C12H13ClN4O/c1-2-7(14)12(18)17-11-10(13)15-8-5-3-4-6-9(8)16-11/h3-7H,2,14H2,1H3,(H,16,17,18)/t7-/m1/s1. The quantitative estimate of drug-likeness (QED) is 0.888. The third-order valence-corrected chi connectivity index (χ3v) is 2.81. The average Bonchev–Trinajstić information content (AvgIpc) is 2.38. The number of benzene rings is 1. The topological polar surface area (TPSA) is 80.9 Å². The number of halogens is 1. The third-order valence-electron chi connectivity index (χ3n) is 2.55. The predicted octanol–water partition coefficient (Wildman–Crippen LogP) is 1.96. The molecule has 3 N–H and O–H groups in total. The zero-order valence-electron chi connectivity index (χ0n) is 9.85. The monoisotopic (exact) mass is 264 g/mol. The molecule has 0 saturated carbocycles. The molecule has 18 heavy (non-hydrogen) atoms. The lowest BCUT2D eigenvalue weighted by molar-refractivity contribution is -0.117. The molecule has 0 aliphatic rings. The molecule has 1 aromatic carbocycles. The summed E-state index contributed by atoms with van der Waals surface area (Å²) in [5.41, 5.74) is 6.97. The summed E-state index contributed by atoms with van der Waals surface area (Å²) < 4.78 is 0. The lowest BCUT2D eigenvalue weighted by Crippen LogP contribution is -2.35. The van der Waals surface area contributed by atoms with Crippen molar-refractivity contribution < 1.29 is 4.79 Å². The van der Waals surface area contributed by atoms with Gasteiger partial charge in [-0.2, -0.15) is 0 Å². The van der Waals surface area contributed by atoms with Crippen LogP contribution in [0.15, 0.2) is 24.3 Å². The first kappa shape index (κ1) is 12.7. The molecule has 2 aromatic rings. The second-order valence-electron chi connectivity index (χ2n) is 3.86. The summed E-state index contributed by atoms with van der Waals surface area (Å²) in [6, 6.07) is 6.72. The van der Waals surface area contributed by atoms with Gasteiger partial charge in [0.25, 0.3) is 0 Å². The van der Waals surface area contributed by atoms with Gasteiger partial charge in [-0.05, 0) is 18.6 Å². The Balaban J connectivity index is 2.33. The van der Waals surface area contributed by atoms with E-state index < -0.39 is 6.04 Å². The maximum absolute atomic E-state index is 11.7. The maximum Gasteiger partial charge on any atom is 0.242 e. The molecule has 1 aromatic heterocycles. The molecule has 0 spiro atoms. The van der Waals surface area contributed by atoms with Gasteiger partial charge in [-0.15, -0.1) is 0 Å². The average molecular weight is 265 g/mol. The molecule has 1 atom stereocenters. The number of fused-ring (bicyclic) bond motifs is 1. The van der Waals surface area contributed by atoms with Gasteiger partial charge in [0.05, 0.1) is 17.1 Å². The second-order valence-corrected chi connectivity index (χ2v) is 4.21. The Morgan fingerprint density at radius 1 is 1.39 bits per heavy atom. The number of nitrogens with one attached hydrogen (secondary N) is 1. The Labute approximate surface area is 109 Å². The van der Waals surface area contributed by atoms with Crippen LogP contribution in [0.25, 0.3) is 11.0 Å². The molecular formula is C12H13ClN4O. The van der Waals surface area contributed by atoms with Gasteiger partial charge in [-0.25, -0.2) is 9.97 Å². The van der Waals surface area contributed by atoms with E-state index in [1.807, 2.05) is 19.1 Å². The lowest BCUT2D eigenvalue weighted by Gasteiger charge is -2.10. The van der Waals surface area contributed by atoms with Crippen molar-refractivity contribution in [3.05, 3.63) is 29.4 Å². The van der Waals surface area contributed by atoms with Crippen molar-refractivity contribution in [2.75, 3.05) is 5.32 Å². The van der Waals surface area contributed by atoms with Crippen LogP contribution >= 0.6 is 11.6 Å². The summed E-state index contributed by atoms with van der Waals surface area (Å²) in [5.74, 6) is -0.0757. The molecule has 0 unspecified atom stereocenters. The van der Waals surface area contributed by atoms with Gasteiger partial charge in [0.2, 0.25) is 5.91 Å². The fraction of sp³-hybridized carbons (Fsp3) is 0.250. The predicted molar refractivity (Wildman–Crippen MR) is 71.4 cm³/mol. The number of carbonyl (C=O) groups is 1. The number of anilines is 1. The van der Waals surface area contributed by atoms with Gasteiger partial charge in [-0.3, -0.25) is 4.79 Å². The number of carbonyl (C=O) groups excluding carboxylic acids is 1. The molecule has 0 aliphatic carbocycles. The van der Waals surface area contributed by atoms with E-state index in [-0.39, 0.29) is 16.9 Å². The normalized spacial score (nSPS) is 12.4. The van der Waals surface area contributed by atoms with Crippen LogP contribution < -0.4 is 11.1 Å². The van der Waals surface area contributed by atoms with Crippen molar-refractivity contribution >= 4 is 34.4 Å². The van der Waals surface area contributed by atoms with Gasteiger partial charge in [0.1, 0.15) is 0 Å². The van der Waals surface area contributed by atoms with Gasteiger partial charge in [0, 0.05) is 0 Å². The van der Waals surface area contributed by atoms with Crippen LogP contribution in [0.5, 0.6) is 0 Å². The van der Waals surface area contributed by atoms with E-state index in [9.17, 15) is 4.79 Å². The van der Waals surface area contributed by atoms with Crippen molar-refractivity contribution in [1.82, 2.24) is 9.97 Å². The van der Waals surface area contributed by atoms with Crippen LogP contribution in [-0.4, -0.2) is 21.9 Å². The number of rotatable bonds is 3. The third kappa shape index (κ3) is 2.57.